The van der Waals surface area contributed by atoms with Crippen LogP contribution in [-0.2, 0) is 27.4 Å². The second-order valence-electron chi connectivity index (χ2n) is 11.0. The Labute approximate surface area is 241 Å². The summed E-state index contributed by atoms with van der Waals surface area (Å²) in [6.07, 6.45) is -0.292. The zero-order valence-corrected chi connectivity index (χ0v) is 24.0. The molecule has 0 saturated heterocycles. The lowest BCUT2D eigenvalue weighted by atomic mass is 9.73. The molecule has 3 amide bonds. The van der Waals surface area contributed by atoms with Crippen LogP contribution in [0.15, 0.2) is 72.8 Å². The smallest absolute Gasteiger partial charge is 0.445 e. The van der Waals surface area contributed by atoms with E-state index in [1.807, 2.05) is 86.6 Å². The molecule has 3 aromatic rings. The van der Waals surface area contributed by atoms with Crippen LogP contribution >= 0.6 is 0 Å². The number of nitrogens with one attached hydrogen (secondary N) is 3. The van der Waals surface area contributed by atoms with Crippen molar-refractivity contribution in [2.24, 2.45) is 11.8 Å². The predicted octanol–water partition coefficient (Wildman–Crippen LogP) is 3.36. The molecule has 0 radical (unpaired) electrons. The highest BCUT2D eigenvalue weighted by Gasteiger charge is 2.33. The number of rotatable bonds is 13. The van der Waals surface area contributed by atoms with Gasteiger partial charge in [-0.1, -0.05) is 100 Å². The van der Waals surface area contributed by atoms with E-state index in [4.69, 9.17) is 4.74 Å². The Balaban J connectivity index is 1.83. The molecular formula is C31H40BN3O6. The molecule has 0 aliphatic heterocycles. The Morgan fingerprint density at radius 1 is 0.780 bits per heavy atom. The molecule has 0 heterocycles. The first-order valence-electron chi connectivity index (χ1n) is 14.0. The summed E-state index contributed by atoms with van der Waals surface area (Å²) in [5.41, 5.74) is 1.65. The molecule has 0 aromatic heterocycles. The van der Waals surface area contributed by atoms with Gasteiger partial charge in [-0.3, -0.25) is 9.59 Å². The maximum atomic E-state index is 13.7. The molecule has 218 valence electrons. The number of benzene rings is 3. The first-order chi connectivity index (χ1) is 19.5. The van der Waals surface area contributed by atoms with Crippen LogP contribution in [-0.4, -0.2) is 53.1 Å². The third-order valence-corrected chi connectivity index (χ3v) is 6.81. The quantitative estimate of drug-likeness (QED) is 0.203. The topological polar surface area (TPSA) is 137 Å². The molecule has 0 aliphatic carbocycles. The first-order valence-corrected chi connectivity index (χ1v) is 14.0. The molecule has 9 nitrogen and oxygen atoms in total. The Morgan fingerprint density at radius 2 is 1.41 bits per heavy atom. The molecule has 3 rings (SSSR count). The summed E-state index contributed by atoms with van der Waals surface area (Å²) in [5, 5.41) is 29.6. The molecule has 0 bridgehead atoms. The lowest BCUT2D eigenvalue weighted by molar-refractivity contribution is -0.130. The number of hydrogen-bond acceptors (Lipinski definition) is 6. The van der Waals surface area contributed by atoms with Crippen LogP contribution in [0.3, 0.4) is 0 Å². The fourth-order valence-corrected chi connectivity index (χ4v) is 4.63. The third kappa shape index (κ3) is 9.62. The molecule has 10 heteroatoms. The largest absolute Gasteiger partial charge is 0.475 e. The van der Waals surface area contributed by atoms with Crippen LogP contribution < -0.4 is 16.0 Å². The van der Waals surface area contributed by atoms with Crippen molar-refractivity contribution in [2.45, 2.75) is 65.2 Å². The van der Waals surface area contributed by atoms with Crippen LogP contribution in [0.5, 0.6) is 0 Å². The number of carbonyl (C=O) groups excluding carboxylic acids is 3. The van der Waals surface area contributed by atoms with E-state index >= 15 is 0 Å². The van der Waals surface area contributed by atoms with Crippen LogP contribution in [0, 0.1) is 11.8 Å². The predicted molar refractivity (Wildman–Crippen MR) is 160 cm³/mol. The van der Waals surface area contributed by atoms with Gasteiger partial charge in [-0.15, -0.1) is 0 Å². The number of hydrogen-bond donors (Lipinski definition) is 5. The first kappa shape index (κ1) is 31.6. The summed E-state index contributed by atoms with van der Waals surface area (Å²) >= 11 is 0. The molecule has 3 aromatic carbocycles. The van der Waals surface area contributed by atoms with E-state index in [9.17, 15) is 24.4 Å². The van der Waals surface area contributed by atoms with E-state index in [1.54, 1.807) is 13.8 Å². The fourth-order valence-electron chi connectivity index (χ4n) is 4.63. The average Bonchev–Trinajstić information content (AvgIpc) is 2.94. The second kappa shape index (κ2) is 15.2. The standard InChI is InChI=1S/C31H40BN3O6/c1-20(2)17-26(30(37)35-28(21(3)4)32(39)40)33-29(36)27(34-31(38)41-19-22-11-6-5-7-12-22)18-24-15-10-14-23-13-8-9-16-25(23)24/h5-16,20-21,26-28,39-40H,17-19H2,1-4H3,(H,33,36)(H,34,38)(H,35,37)/t26-,27?,28-/m0/s1. The zero-order valence-electron chi connectivity index (χ0n) is 24.0. The normalized spacial score (nSPS) is 13.4. The Hall–Kier alpha value is -3.89. The van der Waals surface area contributed by atoms with Gasteiger partial charge in [0.25, 0.3) is 0 Å². The van der Waals surface area contributed by atoms with Gasteiger partial charge in [-0.25, -0.2) is 4.79 Å². The van der Waals surface area contributed by atoms with Gasteiger partial charge in [-0.2, -0.15) is 0 Å². The monoisotopic (exact) mass is 561 g/mol. The molecule has 0 aliphatic rings. The second-order valence-corrected chi connectivity index (χ2v) is 11.0. The number of ether oxygens (including phenoxy) is 1. The van der Waals surface area contributed by atoms with E-state index in [1.165, 1.54) is 0 Å². The van der Waals surface area contributed by atoms with E-state index in [0.717, 1.165) is 21.9 Å². The van der Waals surface area contributed by atoms with E-state index in [2.05, 4.69) is 16.0 Å². The Morgan fingerprint density at radius 3 is 2.07 bits per heavy atom. The van der Waals surface area contributed by atoms with Gasteiger partial charge >= 0.3 is 13.2 Å². The van der Waals surface area contributed by atoms with Crippen LogP contribution in [0.25, 0.3) is 10.8 Å². The lowest BCUT2D eigenvalue weighted by Crippen LogP contribution is -2.58. The number of fused-ring (bicyclic) bond motifs is 1. The molecule has 3 atom stereocenters. The summed E-state index contributed by atoms with van der Waals surface area (Å²) in [6, 6.07) is 20.7. The van der Waals surface area contributed by atoms with Gasteiger partial charge in [0.15, 0.2) is 0 Å². The third-order valence-electron chi connectivity index (χ3n) is 6.81. The van der Waals surface area contributed by atoms with Crippen molar-refractivity contribution in [1.29, 1.82) is 0 Å². The van der Waals surface area contributed by atoms with Crippen molar-refractivity contribution in [3.05, 3.63) is 83.9 Å². The van der Waals surface area contributed by atoms with Crippen molar-refractivity contribution < 1.29 is 29.2 Å². The SMILES string of the molecule is CC(C)C[C@H](NC(=O)C(Cc1cccc2ccccc12)NC(=O)OCc1ccccc1)C(=O)N[C@H](B(O)O)C(C)C. The number of amides is 3. The summed E-state index contributed by atoms with van der Waals surface area (Å²) < 4.78 is 5.39. The summed E-state index contributed by atoms with van der Waals surface area (Å²) in [6.45, 7) is 7.38. The van der Waals surface area contributed by atoms with Gasteiger partial charge in [0.05, 0.1) is 5.94 Å². The highest BCUT2D eigenvalue weighted by atomic mass is 16.5. The summed E-state index contributed by atoms with van der Waals surface area (Å²) in [5.74, 6) is -2.21. The van der Waals surface area contributed by atoms with Gasteiger partial charge in [0.1, 0.15) is 18.7 Å². The minimum absolute atomic E-state index is 0.0355. The van der Waals surface area contributed by atoms with Crippen molar-refractivity contribution >= 4 is 35.8 Å². The van der Waals surface area contributed by atoms with Crippen LogP contribution in [0.2, 0.25) is 0 Å². The highest BCUT2D eigenvalue weighted by Crippen LogP contribution is 2.20. The molecule has 0 saturated carbocycles. The van der Waals surface area contributed by atoms with Crippen LogP contribution in [0.1, 0.15) is 45.2 Å². The van der Waals surface area contributed by atoms with E-state index in [-0.39, 0.29) is 24.9 Å². The molecule has 1 unspecified atom stereocenters. The number of alkyl carbamates (subject to hydrolysis) is 1. The molecule has 0 fully saturated rings. The minimum atomic E-state index is -1.76. The summed E-state index contributed by atoms with van der Waals surface area (Å²) in [7, 11) is -1.76. The molecule has 41 heavy (non-hydrogen) atoms. The van der Waals surface area contributed by atoms with E-state index < -0.39 is 43.1 Å². The maximum Gasteiger partial charge on any atom is 0.475 e. The average molecular weight is 561 g/mol. The maximum absolute atomic E-state index is 13.7. The van der Waals surface area contributed by atoms with Crippen molar-refractivity contribution in [2.75, 3.05) is 0 Å². The zero-order chi connectivity index (χ0) is 29.9. The van der Waals surface area contributed by atoms with Crippen molar-refractivity contribution in [1.82, 2.24) is 16.0 Å². The molecular weight excluding hydrogens is 521 g/mol. The minimum Gasteiger partial charge on any atom is -0.445 e. The highest BCUT2D eigenvalue weighted by molar-refractivity contribution is 6.43. The van der Waals surface area contributed by atoms with Crippen LogP contribution in [0.4, 0.5) is 4.79 Å². The van der Waals surface area contributed by atoms with Gasteiger partial charge in [0.2, 0.25) is 11.8 Å². The molecule has 0 spiro atoms. The molecule has 5 N–H and O–H groups in total. The van der Waals surface area contributed by atoms with Crippen molar-refractivity contribution in [3.63, 3.8) is 0 Å². The number of carbonyl (C=O) groups is 3. The van der Waals surface area contributed by atoms with Gasteiger partial charge in [-0.05, 0) is 40.2 Å². The van der Waals surface area contributed by atoms with E-state index in [0.29, 0.717) is 6.42 Å². The lowest BCUT2D eigenvalue weighted by Gasteiger charge is -2.27. The Bertz CT molecular complexity index is 1290. The fraction of sp³-hybridized carbons (Fsp3) is 0.387. The Kier molecular flexibility index (Phi) is 11.7. The summed E-state index contributed by atoms with van der Waals surface area (Å²) in [4.78, 5) is 39.7. The van der Waals surface area contributed by atoms with Crippen molar-refractivity contribution in [3.8, 4) is 0 Å². The van der Waals surface area contributed by atoms with Gasteiger partial charge < -0.3 is 30.7 Å². The van der Waals surface area contributed by atoms with Gasteiger partial charge in [0, 0.05) is 6.42 Å².